The van der Waals surface area contributed by atoms with E-state index in [0.717, 1.165) is 11.3 Å². The summed E-state index contributed by atoms with van der Waals surface area (Å²) in [7, 11) is 1.45. The molecule has 0 bridgehead atoms. The van der Waals surface area contributed by atoms with E-state index in [0.29, 0.717) is 4.88 Å². The fourth-order valence-corrected chi connectivity index (χ4v) is 3.72. The number of aryl methyl sites for hydroxylation is 1. The van der Waals surface area contributed by atoms with E-state index in [1.54, 1.807) is 13.8 Å². The van der Waals surface area contributed by atoms with Gasteiger partial charge in [0.05, 0.1) is 4.90 Å². The van der Waals surface area contributed by atoms with Crippen molar-refractivity contribution in [3.8, 4) is 0 Å². The zero-order valence-corrected chi connectivity index (χ0v) is 12.9. The fraction of sp³-hybridized carbons (Fsp3) is 0.545. The summed E-state index contributed by atoms with van der Waals surface area (Å²) < 4.78 is 27.7. The Morgan fingerprint density at radius 1 is 1.39 bits per heavy atom. The lowest BCUT2D eigenvalue weighted by molar-refractivity contribution is 0.0243. The van der Waals surface area contributed by atoms with Crippen LogP contribution >= 0.6 is 22.0 Å². The summed E-state index contributed by atoms with van der Waals surface area (Å²) in [6, 6.07) is 1.26. The van der Waals surface area contributed by atoms with Crippen LogP contribution in [0.25, 0.3) is 0 Å². The predicted molar refractivity (Wildman–Crippen MR) is 71.8 cm³/mol. The van der Waals surface area contributed by atoms with E-state index >= 15 is 0 Å². The normalized spacial score (nSPS) is 13.7. The molecule has 1 aromatic heterocycles. The zero-order chi connectivity index (χ0) is 14.1. The molecule has 0 spiro atoms. The molecule has 0 saturated heterocycles. The van der Waals surface area contributed by atoms with Crippen molar-refractivity contribution in [2.75, 3.05) is 0 Å². The van der Waals surface area contributed by atoms with Crippen LogP contribution < -0.4 is 0 Å². The van der Waals surface area contributed by atoms with Crippen LogP contribution in [-0.4, -0.2) is 20.5 Å². The Hall–Kier alpha value is -0.590. The van der Waals surface area contributed by atoms with E-state index in [2.05, 4.69) is 0 Å². The molecule has 0 aliphatic heterocycles. The monoisotopic (exact) mass is 310 g/mol. The minimum absolute atomic E-state index is 0.0293. The SMILES string of the molecule is Cc1sc(C(=O)OC(C)C(C)C)cc1S(=O)(=O)Cl. The smallest absolute Gasteiger partial charge is 0.348 e. The van der Waals surface area contributed by atoms with E-state index < -0.39 is 15.0 Å². The highest BCUT2D eigenvalue weighted by Crippen LogP contribution is 2.29. The van der Waals surface area contributed by atoms with Crippen molar-refractivity contribution in [1.29, 1.82) is 0 Å². The average Bonchev–Trinajstić information content (AvgIpc) is 2.59. The molecular formula is C11H15ClO4S2. The topological polar surface area (TPSA) is 60.4 Å². The first kappa shape index (κ1) is 15.5. The highest BCUT2D eigenvalue weighted by molar-refractivity contribution is 8.13. The lowest BCUT2D eigenvalue weighted by atomic mass is 10.1. The molecule has 0 aliphatic carbocycles. The molecular weight excluding hydrogens is 296 g/mol. The first-order valence-electron chi connectivity index (χ1n) is 5.39. The van der Waals surface area contributed by atoms with Crippen LogP contribution in [0.2, 0.25) is 0 Å². The third kappa shape index (κ3) is 3.70. The maximum Gasteiger partial charge on any atom is 0.348 e. The zero-order valence-electron chi connectivity index (χ0n) is 10.6. The molecule has 1 rings (SSSR count). The van der Waals surface area contributed by atoms with Crippen LogP contribution in [0.15, 0.2) is 11.0 Å². The number of thiophene rings is 1. The van der Waals surface area contributed by atoms with Crippen molar-refractivity contribution in [1.82, 2.24) is 0 Å². The molecule has 1 heterocycles. The fourth-order valence-electron chi connectivity index (χ4n) is 1.17. The van der Waals surface area contributed by atoms with Crippen LogP contribution in [0.3, 0.4) is 0 Å². The minimum Gasteiger partial charge on any atom is -0.458 e. The first-order chi connectivity index (χ1) is 8.12. The van der Waals surface area contributed by atoms with Gasteiger partial charge < -0.3 is 4.74 Å². The summed E-state index contributed by atoms with van der Waals surface area (Å²) >= 11 is 1.06. The van der Waals surface area contributed by atoms with Crippen molar-refractivity contribution in [3.63, 3.8) is 0 Å². The lowest BCUT2D eigenvalue weighted by Crippen LogP contribution is -2.19. The first-order valence-corrected chi connectivity index (χ1v) is 8.51. The van der Waals surface area contributed by atoms with Crippen LogP contribution in [0.4, 0.5) is 0 Å². The second-order valence-electron chi connectivity index (χ2n) is 4.32. The number of rotatable bonds is 4. The van der Waals surface area contributed by atoms with Crippen LogP contribution in [0, 0.1) is 12.8 Å². The van der Waals surface area contributed by atoms with E-state index in [1.807, 2.05) is 13.8 Å². The number of hydrogen-bond acceptors (Lipinski definition) is 5. The summed E-state index contributed by atoms with van der Waals surface area (Å²) in [6.07, 6.45) is -0.226. The van der Waals surface area contributed by atoms with Crippen molar-refractivity contribution in [2.24, 2.45) is 5.92 Å². The van der Waals surface area contributed by atoms with Gasteiger partial charge in [-0.2, -0.15) is 0 Å². The standard InChI is InChI=1S/C11H15ClO4S2/c1-6(2)7(3)16-11(13)9-5-10(8(4)17-9)18(12,14)15/h5-7H,1-4H3. The van der Waals surface area contributed by atoms with Gasteiger partial charge in [-0.15, -0.1) is 11.3 Å². The van der Waals surface area contributed by atoms with Crippen molar-refractivity contribution in [2.45, 2.75) is 38.7 Å². The highest BCUT2D eigenvalue weighted by Gasteiger charge is 2.22. The number of ether oxygens (including phenoxy) is 1. The predicted octanol–water partition coefficient (Wildman–Crippen LogP) is 3.19. The molecule has 1 atom stereocenters. The number of hydrogen-bond donors (Lipinski definition) is 0. The molecule has 0 aliphatic rings. The molecule has 18 heavy (non-hydrogen) atoms. The number of carbonyl (C=O) groups is 1. The molecule has 0 saturated carbocycles. The number of halogens is 1. The Morgan fingerprint density at radius 2 is 1.94 bits per heavy atom. The summed E-state index contributed by atoms with van der Waals surface area (Å²) in [6.45, 7) is 7.27. The van der Waals surface area contributed by atoms with Gasteiger partial charge in [-0.1, -0.05) is 13.8 Å². The number of esters is 1. The van der Waals surface area contributed by atoms with Gasteiger partial charge in [-0.05, 0) is 25.8 Å². The van der Waals surface area contributed by atoms with Crippen molar-refractivity contribution in [3.05, 3.63) is 15.8 Å². The maximum absolute atomic E-state index is 11.8. The van der Waals surface area contributed by atoms with Gasteiger partial charge in [0.25, 0.3) is 9.05 Å². The molecule has 0 fully saturated rings. The maximum atomic E-state index is 11.8. The second-order valence-corrected chi connectivity index (χ2v) is 8.11. The molecule has 0 radical (unpaired) electrons. The molecule has 0 amide bonds. The van der Waals surface area contributed by atoms with Crippen LogP contribution in [-0.2, 0) is 13.8 Å². The van der Waals surface area contributed by atoms with E-state index in [1.165, 1.54) is 6.07 Å². The van der Waals surface area contributed by atoms with Crippen LogP contribution in [0.5, 0.6) is 0 Å². The Balaban J connectivity index is 2.96. The Morgan fingerprint density at radius 3 is 2.33 bits per heavy atom. The molecule has 102 valence electrons. The molecule has 1 unspecified atom stereocenters. The largest absolute Gasteiger partial charge is 0.458 e. The molecule has 0 N–H and O–H groups in total. The van der Waals surface area contributed by atoms with Gasteiger partial charge in [-0.3, -0.25) is 0 Å². The van der Waals surface area contributed by atoms with E-state index in [9.17, 15) is 13.2 Å². The minimum atomic E-state index is -3.82. The van der Waals surface area contributed by atoms with Gasteiger partial charge in [0.2, 0.25) is 0 Å². The van der Waals surface area contributed by atoms with E-state index in [-0.39, 0.29) is 21.8 Å². The molecule has 4 nitrogen and oxygen atoms in total. The second kappa shape index (κ2) is 5.59. The summed E-state index contributed by atoms with van der Waals surface area (Å²) in [5, 5.41) is 0. The molecule has 7 heteroatoms. The molecule has 0 aromatic carbocycles. The van der Waals surface area contributed by atoms with E-state index in [4.69, 9.17) is 15.4 Å². The van der Waals surface area contributed by atoms with Crippen LogP contribution in [0.1, 0.15) is 35.3 Å². The molecule has 1 aromatic rings. The van der Waals surface area contributed by atoms with Crippen molar-refractivity contribution < 1.29 is 17.9 Å². The highest BCUT2D eigenvalue weighted by atomic mass is 35.7. The average molecular weight is 311 g/mol. The summed E-state index contributed by atoms with van der Waals surface area (Å²) in [4.78, 5) is 12.5. The quantitative estimate of drug-likeness (QED) is 0.633. The van der Waals surface area contributed by atoms with Gasteiger partial charge in [-0.25, -0.2) is 13.2 Å². The van der Waals surface area contributed by atoms with Gasteiger partial charge in [0.1, 0.15) is 11.0 Å². The Kier molecular flexibility index (Phi) is 4.80. The lowest BCUT2D eigenvalue weighted by Gasteiger charge is -2.15. The van der Waals surface area contributed by atoms with Gasteiger partial charge in [0, 0.05) is 15.6 Å². The Bertz CT molecular complexity index is 545. The van der Waals surface area contributed by atoms with Gasteiger partial charge >= 0.3 is 5.97 Å². The Labute approximate surface area is 115 Å². The summed E-state index contributed by atoms with van der Waals surface area (Å²) in [5.41, 5.74) is 0. The van der Waals surface area contributed by atoms with Crippen molar-refractivity contribution >= 4 is 37.0 Å². The third-order valence-electron chi connectivity index (χ3n) is 2.57. The van der Waals surface area contributed by atoms with Gasteiger partial charge in [0.15, 0.2) is 0 Å². The third-order valence-corrected chi connectivity index (χ3v) is 5.18. The number of carbonyl (C=O) groups excluding carboxylic acids is 1. The summed E-state index contributed by atoms with van der Waals surface area (Å²) in [5.74, 6) is -0.317.